The van der Waals surface area contributed by atoms with Crippen LogP contribution in [0.25, 0.3) is 11.0 Å². The Morgan fingerprint density at radius 2 is 1.96 bits per heavy atom. The molecule has 0 saturated heterocycles. The predicted molar refractivity (Wildman–Crippen MR) is 97.5 cm³/mol. The number of carbonyl (C=O) groups is 1. The Bertz CT molecular complexity index is 1190. The molecule has 0 unspecified atom stereocenters. The molecule has 26 heavy (non-hydrogen) atoms. The Kier molecular flexibility index (Phi) is 3.23. The molecule has 0 saturated carbocycles. The minimum Gasteiger partial charge on any atom is -0.450 e. The van der Waals surface area contributed by atoms with Gasteiger partial charge in [0.15, 0.2) is 10.6 Å². The van der Waals surface area contributed by atoms with Crippen molar-refractivity contribution < 1.29 is 9.21 Å². The first-order valence-electron chi connectivity index (χ1n) is 7.94. The molecule has 1 aliphatic rings. The van der Waals surface area contributed by atoms with E-state index >= 15 is 0 Å². The van der Waals surface area contributed by atoms with Gasteiger partial charge >= 0.3 is 0 Å². The van der Waals surface area contributed by atoms with E-state index in [2.05, 4.69) is 9.97 Å². The number of fused-ring (bicyclic) bond motifs is 2. The van der Waals surface area contributed by atoms with E-state index in [1.165, 1.54) is 16.2 Å². The Labute approximate surface area is 151 Å². The minimum atomic E-state index is -0.613. The summed E-state index contributed by atoms with van der Waals surface area (Å²) in [5.74, 6) is -0.301. The van der Waals surface area contributed by atoms with Crippen LogP contribution in [0.4, 0.5) is 5.13 Å². The quantitative estimate of drug-likeness (QED) is 0.547. The van der Waals surface area contributed by atoms with E-state index in [4.69, 9.17) is 4.42 Å². The summed E-state index contributed by atoms with van der Waals surface area (Å²) in [6, 6.07) is 9.95. The highest BCUT2D eigenvalue weighted by atomic mass is 32.1. The SMILES string of the molecule is O=C1c2oc3ccccc3c(=O)c2[C@H](c2cccnc2)N1c1nccs1. The second kappa shape index (κ2) is 5.60. The molecule has 0 N–H and O–H groups in total. The lowest BCUT2D eigenvalue weighted by atomic mass is 10.0. The third-order valence-corrected chi connectivity index (χ3v) is 5.17. The number of amides is 1. The van der Waals surface area contributed by atoms with E-state index in [-0.39, 0.29) is 17.1 Å². The van der Waals surface area contributed by atoms with Gasteiger partial charge < -0.3 is 4.42 Å². The van der Waals surface area contributed by atoms with Crippen LogP contribution in [0.5, 0.6) is 0 Å². The maximum atomic E-state index is 13.2. The van der Waals surface area contributed by atoms with Crippen LogP contribution in [-0.2, 0) is 0 Å². The standard InChI is InChI=1S/C19H11N3O3S/c23-16-12-5-1-2-6-13(12)25-17-14(16)15(11-4-3-7-20-10-11)22(18(17)24)19-21-8-9-26-19/h1-10,15H/t15-/m0/s1. The molecule has 4 aromatic rings. The van der Waals surface area contributed by atoms with Crippen LogP contribution in [0, 0.1) is 0 Å². The smallest absolute Gasteiger partial charge is 0.297 e. The summed E-state index contributed by atoms with van der Waals surface area (Å²) >= 11 is 1.33. The highest BCUT2D eigenvalue weighted by Crippen LogP contribution is 2.41. The molecule has 3 aromatic heterocycles. The fraction of sp³-hybridized carbons (Fsp3) is 0.0526. The Balaban J connectivity index is 1.85. The van der Waals surface area contributed by atoms with Crippen molar-refractivity contribution in [3.8, 4) is 0 Å². The van der Waals surface area contributed by atoms with E-state index in [0.29, 0.717) is 21.7 Å². The number of nitrogens with zero attached hydrogens (tertiary/aromatic N) is 3. The molecule has 126 valence electrons. The highest BCUT2D eigenvalue weighted by Gasteiger charge is 2.44. The van der Waals surface area contributed by atoms with Gasteiger partial charge in [-0.1, -0.05) is 18.2 Å². The van der Waals surface area contributed by atoms with Crippen molar-refractivity contribution in [1.82, 2.24) is 9.97 Å². The molecule has 0 aliphatic carbocycles. The van der Waals surface area contributed by atoms with E-state index in [1.807, 2.05) is 6.07 Å². The van der Waals surface area contributed by atoms with Crippen molar-refractivity contribution in [1.29, 1.82) is 0 Å². The lowest BCUT2D eigenvalue weighted by Crippen LogP contribution is -2.29. The summed E-state index contributed by atoms with van der Waals surface area (Å²) in [7, 11) is 0. The molecule has 1 amide bonds. The van der Waals surface area contributed by atoms with Crippen molar-refractivity contribution in [2.24, 2.45) is 0 Å². The second-order valence-electron chi connectivity index (χ2n) is 5.85. The van der Waals surface area contributed by atoms with Crippen LogP contribution < -0.4 is 10.3 Å². The number of rotatable bonds is 2. The summed E-state index contributed by atoms with van der Waals surface area (Å²) in [6.07, 6.45) is 4.93. The molecule has 7 heteroatoms. The number of hydrogen-bond donors (Lipinski definition) is 0. The fourth-order valence-electron chi connectivity index (χ4n) is 3.30. The zero-order valence-corrected chi connectivity index (χ0v) is 14.1. The van der Waals surface area contributed by atoms with Crippen LogP contribution in [-0.4, -0.2) is 15.9 Å². The summed E-state index contributed by atoms with van der Waals surface area (Å²) in [6.45, 7) is 0. The first-order valence-corrected chi connectivity index (χ1v) is 8.82. The van der Waals surface area contributed by atoms with E-state index in [1.54, 1.807) is 54.3 Å². The van der Waals surface area contributed by atoms with Gasteiger partial charge in [0.1, 0.15) is 5.58 Å². The number of carbonyl (C=O) groups excluding carboxylic acids is 1. The molecule has 0 fully saturated rings. The molecular formula is C19H11N3O3S. The lowest BCUT2D eigenvalue weighted by molar-refractivity contribution is 0.0971. The first-order chi connectivity index (χ1) is 12.8. The van der Waals surface area contributed by atoms with Gasteiger partial charge in [-0.05, 0) is 23.8 Å². The maximum absolute atomic E-state index is 13.2. The number of hydrogen-bond acceptors (Lipinski definition) is 6. The summed E-state index contributed by atoms with van der Waals surface area (Å²) in [5.41, 5.74) is 1.26. The molecule has 5 rings (SSSR count). The highest BCUT2D eigenvalue weighted by molar-refractivity contribution is 7.13. The van der Waals surface area contributed by atoms with Gasteiger partial charge in [0.25, 0.3) is 5.91 Å². The zero-order valence-electron chi connectivity index (χ0n) is 13.3. The summed E-state index contributed by atoms with van der Waals surface area (Å²) < 4.78 is 5.84. The van der Waals surface area contributed by atoms with Gasteiger partial charge in [0.05, 0.1) is 17.0 Å². The fourth-order valence-corrected chi connectivity index (χ4v) is 3.97. The molecule has 0 spiro atoms. The second-order valence-corrected chi connectivity index (χ2v) is 6.72. The predicted octanol–water partition coefficient (Wildman–Crippen LogP) is 3.39. The van der Waals surface area contributed by atoms with Gasteiger partial charge in [-0.25, -0.2) is 4.98 Å². The minimum absolute atomic E-state index is 0.0674. The van der Waals surface area contributed by atoms with E-state index < -0.39 is 6.04 Å². The van der Waals surface area contributed by atoms with Crippen LogP contribution in [0.15, 0.2) is 69.6 Å². The monoisotopic (exact) mass is 361 g/mol. The van der Waals surface area contributed by atoms with E-state index in [9.17, 15) is 9.59 Å². The van der Waals surface area contributed by atoms with Crippen LogP contribution in [0.3, 0.4) is 0 Å². The van der Waals surface area contributed by atoms with Crippen molar-refractivity contribution in [3.63, 3.8) is 0 Å². The van der Waals surface area contributed by atoms with Crippen LogP contribution in [0.2, 0.25) is 0 Å². The molecule has 0 radical (unpaired) electrons. The van der Waals surface area contributed by atoms with Gasteiger partial charge in [-0.2, -0.15) is 0 Å². The molecule has 1 atom stereocenters. The number of pyridine rings is 1. The Hall–Kier alpha value is -3.32. The maximum Gasteiger partial charge on any atom is 0.297 e. The van der Waals surface area contributed by atoms with Crippen LogP contribution >= 0.6 is 11.3 Å². The molecule has 6 nitrogen and oxygen atoms in total. The average Bonchev–Trinajstić information content (AvgIpc) is 3.30. The molecule has 1 aromatic carbocycles. The molecule has 4 heterocycles. The third-order valence-electron chi connectivity index (χ3n) is 4.40. The number of benzene rings is 1. The van der Waals surface area contributed by atoms with Crippen molar-refractivity contribution in [2.75, 3.05) is 4.90 Å². The lowest BCUT2D eigenvalue weighted by Gasteiger charge is -2.22. The molecule has 1 aliphatic heterocycles. The largest absolute Gasteiger partial charge is 0.450 e. The van der Waals surface area contributed by atoms with Crippen molar-refractivity contribution >= 4 is 33.3 Å². The van der Waals surface area contributed by atoms with Gasteiger partial charge in [-0.15, -0.1) is 11.3 Å². The summed E-state index contributed by atoms with van der Waals surface area (Å²) in [5, 5.41) is 2.75. The number of anilines is 1. The molecule has 0 bridgehead atoms. The Morgan fingerprint density at radius 3 is 2.73 bits per heavy atom. The topological polar surface area (TPSA) is 76.3 Å². The number of aromatic nitrogens is 2. The van der Waals surface area contributed by atoms with Crippen molar-refractivity contribution in [3.05, 3.63) is 87.5 Å². The van der Waals surface area contributed by atoms with Crippen LogP contribution in [0.1, 0.15) is 27.7 Å². The molecular weight excluding hydrogens is 350 g/mol. The van der Waals surface area contributed by atoms with Gasteiger partial charge in [-0.3, -0.25) is 19.5 Å². The van der Waals surface area contributed by atoms with Gasteiger partial charge in [0, 0.05) is 24.0 Å². The van der Waals surface area contributed by atoms with E-state index in [0.717, 1.165) is 5.56 Å². The third kappa shape index (κ3) is 2.04. The number of para-hydroxylation sites is 1. The van der Waals surface area contributed by atoms with Crippen molar-refractivity contribution in [2.45, 2.75) is 6.04 Å². The first kappa shape index (κ1) is 15.0. The number of thiazole rings is 1. The normalized spacial score (nSPS) is 16.2. The summed E-state index contributed by atoms with van der Waals surface area (Å²) in [4.78, 5) is 36.2. The van der Waals surface area contributed by atoms with Gasteiger partial charge in [0.2, 0.25) is 5.76 Å². The zero-order chi connectivity index (χ0) is 17.7. The Morgan fingerprint density at radius 1 is 1.08 bits per heavy atom. The average molecular weight is 361 g/mol.